The maximum Gasteiger partial charge on any atom is 0.225 e. The first kappa shape index (κ1) is 20.1. The summed E-state index contributed by atoms with van der Waals surface area (Å²) < 4.78 is 5.27. The molecule has 1 aromatic carbocycles. The number of benzene rings is 1. The number of nitrogens with one attached hydrogen (secondary N) is 1. The van der Waals surface area contributed by atoms with Crippen LogP contribution in [0.15, 0.2) is 34.9 Å². The number of amides is 1. The van der Waals surface area contributed by atoms with Crippen LogP contribution in [-0.4, -0.2) is 34.0 Å². The van der Waals surface area contributed by atoms with E-state index in [2.05, 4.69) is 44.6 Å². The molecule has 1 saturated heterocycles. The van der Waals surface area contributed by atoms with Gasteiger partial charge in [0.15, 0.2) is 5.82 Å². The lowest BCUT2D eigenvalue weighted by molar-refractivity contribution is -0.129. The summed E-state index contributed by atoms with van der Waals surface area (Å²) in [5, 5.41) is 7.62. The summed E-state index contributed by atoms with van der Waals surface area (Å²) in [6.07, 6.45) is 8.33. The number of hydrogen-bond acceptors (Lipinski definition) is 5. The van der Waals surface area contributed by atoms with Gasteiger partial charge >= 0.3 is 0 Å². The lowest BCUT2D eigenvalue weighted by atomic mass is 9.87. The summed E-state index contributed by atoms with van der Waals surface area (Å²) in [4.78, 5) is 20.3. The van der Waals surface area contributed by atoms with Crippen molar-refractivity contribution in [2.45, 2.75) is 70.4 Å². The summed E-state index contributed by atoms with van der Waals surface area (Å²) in [7, 11) is 0. The number of carbonyl (C=O) groups is 1. The normalized spacial score (nSPS) is 22.7. The van der Waals surface area contributed by atoms with Gasteiger partial charge in [0.2, 0.25) is 11.8 Å². The van der Waals surface area contributed by atoms with Crippen LogP contribution in [-0.2, 0) is 16.9 Å². The molecule has 0 bridgehead atoms. The Balaban J connectivity index is 1.45. The molecule has 1 aliphatic heterocycles. The molecule has 156 valence electrons. The van der Waals surface area contributed by atoms with Gasteiger partial charge in [-0.15, -0.1) is 0 Å². The average molecular weight is 397 g/mol. The van der Waals surface area contributed by atoms with Gasteiger partial charge in [-0.05, 0) is 37.8 Å². The van der Waals surface area contributed by atoms with E-state index in [4.69, 9.17) is 4.52 Å². The Bertz CT molecular complexity index is 796. The maximum atomic E-state index is 13.3. The van der Waals surface area contributed by atoms with Crippen LogP contribution in [0.3, 0.4) is 0 Å². The van der Waals surface area contributed by atoms with Crippen molar-refractivity contribution in [2.24, 2.45) is 5.92 Å². The lowest BCUT2D eigenvalue weighted by Gasteiger charge is -2.36. The van der Waals surface area contributed by atoms with E-state index in [1.165, 1.54) is 18.4 Å². The number of carbonyl (C=O) groups excluding carboxylic acids is 1. The molecule has 6 nitrogen and oxygen atoms in total. The number of likely N-dealkylation sites (tertiary alicyclic amines) is 1. The molecular weight excluding hydrogens is 364 g/mol. The fourth-order valence-electron chi connectivity index (χ4n) is 4.82. The molecular formula is C23H32N4O2. The molecule has 0 radical (unpaired) electrons. The molecule has 4 rings (SSSR count). The molecule has 1 aromatic heterocycles. The van der Waals surface area contributed by atoms with E-state index in [0.29, 0.717) is 11.7 Å². The maximum absolute atomic E-state index is 13.3. The van der Waals surface area contributed by atoms with E-state index >= 15 is 0 Å². The highest BCUT2D eigenvalue weighted by molar-refractivity contribution is 5.80. The zero-order chi connectivity index (χ0) is 20.1. The van der Waals surface area contributed by atoms with E-state index in [9.17, 15) is 4.79 Å². The van der Waals surface area contributed by atoms with Crippen molar-refractivity contribution in [2.75, 3.05) is 13.1 Å². The molecule has 2 fully saturated rings. The van der Waals surface area contributed by atoms with Crippen molar-refractivity contribution in [3.63, 3.8) is 0 Å². The van der Waals surface area contributed by atoms with Crippen molar-refractivity contribution in [1.29, 1.82) is 0 Å². The van der Waals surface area contributed by atoms with E-state index in [-0.39, 0.29) is 11.8 Å². The summed E-state index contributed by atoms with van der Waals surface area (Å²) >= 11 is 0. The number of aromatic nitrogens is 2. The highest BCUT2D eigenvalue weighted by Gasteiger charge is 2.40. The van der Waals surface area contributed by atoms with E-state index in [0.717, 1.165) is 58.2 Å². The van der Waals surface area contributed by atoms with Gasteiger partial charge in [-0.25, -0.2) is 0 Å². The molecule has 0 spiro atoms. The van der Waals surface area contributed by atoms with Crippen LogP contribution in [0.2, 0.25) is 0 Å². The first-order valence-corrected chi connectivity index (χ1v) is 11.0. The van der Waals surface area contributed by atoms with Crippen LogP contribution < -0.4 is 5.32 Å². The Kier molecular flexibility index (Phi) is 6.28. The Morgan fingerprint density at radius 1 is 1.17 bits per heavy atom. The molecule has 1 aliphatic carbocycles. The number of hydrogen-bond donors (Lipinski definition) is 1. The predicted molar refractivity (Wildman–Crippen MR) is 111 cm³/mol. The third kappa shape index (κ3) is 4.86. The minimum absolute atomic E-state index is 0.0144. The predicted octanol–water partition coefficient (Wildman–Crippen LogP) is 3.96. The topological polar surface area (TPSA) is 71.3 Å². The largest absolute Gasteiger partial charge is 0.343 e. The molecule has 2 aromatic rings. The fraction of sp³-hybridized carbons (Fsp3) is 0.609. The summed E-state index contributed by atoms with van der Waals surface area (Å²) in [5.41, 5.74) is 0.823. The van der Waals surface area contributed by atoms with Gasteiger partial charge in [0, 0.05) is 20.0 Å². The molecule has 1 N–H and O–H groups in total. The summed E-state index contributed by atoms with van der Waals surface area (Å²) in [5.74, 6) is 1.37. The average Bonchev–Trinajstić information content (AvgIpc) is 3.04. The zero-order valence-corrected chi connectivity index (χ0v) is 17.4. The Hall–Kier alpha value is -2.21. The molecule has 2 aliphatic rings. The van der Waals surface area contributed by atoms with Crippen molar-refractivity contribution in [3.8, 4) is 0 Å². The number of piperidine rings is 1. The Morgan fingerprint density at radius 3 is 2.62 bits per heavy atom. The quantitative estimate of drug-likeness (QED) is 0.775. The highest BCUT2D eigenvalue weighted by atomic mass is 16.5. The van der Waals surface area contributed by atoms with Gasteiger partial charge in [0.25, 0.3) is 0 Å². The minimum atomic E-state index is -0.479. The Labute approximate surface area is 173 Å². The first-order valence-electron chi connectivity index (χ1n) is 11.0. The van der Waals surface area contributed by atoms with Crippen LogP contribution in [0.4, 0.5) is 0 Å². The summed E-state index contributed by atoms with van der Waals surface area (Å²) in [6, 6.07) is 10.5. The van der Waals surface area contributed by atoms with Crippen LogP contribution in [0, 0.1) is 12.8 Å². The van der Waals surface area contributed by atoms with Crippen LogP contribution in [0.25, 0.3) is 0 Å². The first-order chi connectivity index (χ1) is 14.1. The SMILES string of the molecule is Cc1nc(C2(NC(=O)C3CCCN(Cc4ccccc4)C3)CCCCCC2)no1. The van der Waals surface area contributed by atoms with Gasteiger partial charge in [-0.1, -0.05) is 61.2 Å². The molecule has 1 atom stereocenters. The number of aryl methyl sites for hydroxylation is 1. The van der Waals surface area contributed by atoms with E-state index in [1.807, 2.05) is 13.0 Å². The number of nitrogens with zero attached hydrogens (tertiary/aromatic N) is 3. The standard InChI is InChI=1S/C23H32N4O2/c1-18-24-22(26-29-18)23(13-7-2-3-8-14-23)25-21(28)20-12-9-15-27(17-20)16-19-10-5-4-6-11-19/h4-6,10-11,20H,2-3,7-9,12-17H2,1H3,(H,25,28). The smallest absolute Gasteiger partial charge is 0.225 e. The van der Waals surface area contributed by atoms with Crippen molar-refractivity contribution in [1.82, 2.24) is 20.4 Å². The number of rotatable bonds is 5. The molecule has 1 saturated carbocycles. The molecule has 6 heteroatoms. The van der Waals surface area contributed by atoms with Crippen LogP contribution in [0.1, 0.15) is 68.6 Å². The van der Waals surface area contributed by atoms with Crippen molar-refractivity contribution < 1.29 is 9.32 Å². The van der Waals surface area contributed by atoms with Crippen LogP contribution >= 0.6 is 0 Å². The Morgan fingerprint density at radius 2 is 1.93 bits per heavy atom. The van der Waals surface area contributed by atoms with E-state index in [1.54, 1.807) is 0 Å². The molecule has 29 heavy (non-hydrogen) atoms. The molecule has 1 unspecified atom stereocenters. The lowest BCUT2D eigenvalue weighted by Crippen LogP contribution is -2.51. The van der Waals surface area contributed by atoms with Gasteiger partial charge in [-0.2, -0.15) is 4.98 Å². The second-order valence-electron chi connectivity index (χ2n) is 8.68. The van der Waals surface area contributed by atoms with Crippen molar-refractivity contribution in [3.05, 3.63) is 47.6 Å². The highest BCUT2D eigenvalue weighted by Crippen LogP contribution is 2.35. The van der Waals surface area contributed by atoms with Crippen molar-refractivity contribution >= 4 is 5.91 Å². The second-order valence-corrected chi connectivity index (χ2v) is 8.68. The van der Waals surface area contributed by atoms with Gasteiger partial charge in [-0.3, -0.25) is 9.69 Å². The zero-order valence-electron chi connectivity index (χ0n) is 17.4. The second kappa shape index (κ2) is 9.08. The molecule has 2 heterocycles. The van der Waals surface area contributed by atoms with E-state index < -0.39 is 5.54 Å². The minimum Gasteiger partial charge on any atom is -0.343 e. The summed E-state index contributed by atoms with van der Waals surface area (Å²) in [6.45, 7) is 4.57. The van der Waals surface area contributed by atoms with Gasteiger partial charge in [0.05, 0.1) is 5.92 Å². The fourth-order valence-corrected chi connectivity index (χ4v) is 4.82. The third-order valence-corrected chi connectivity index (χ3v) is 6.40. The molecule has 1 amide bonds. The van der Waals surface area contributed by atoms with Gasteiger partial charge < -0.3 is 9.84 Å². The van der Waals surface area contributed by atoms with Gasteiger partial charge in [0.1, 0.15) is 5.54 Å². The third-order valence-electron chi connectivity index (χ3n) is 6.40. The monoisotopic (exact) mass is 396 g/mol. The van der Waals surface area contributed by atoms with Crippen LogP contribution in [0.5, 0.6) is 0 Å².